The van der Waals surface area contributed by atoms with Crippen LogP contribution in [-0.4, -0.2) is 16.8 Å². The predicted octanol–water partition coefficient (Wildman–Crippen LogP) is 4.55. The maximum Gasteiger partial charge on any atom is 0.257 e. The summed E-state index contributed by atoms with van der Waals surface area (Å²) in [6.45, 7) is 1.84. The van der Waals surface area contributed by atoms with E-state index in [1.807, 2.05) is 6.92 Å². The fraction of sp³-hybridized carbons (Fsp3) is 0.0500. The first kappa shape index (κ1) is 17.6. The molecule has 0 saturated carbocycles. The van der Waals surface area contributed by atoms with Crippen molar-refractivity contribution in [3.05, 3.63) is 88.7 Å². The number of carbonyl (C=O) groups is 2. The second-order valence-corrected chi connectivity index (χ2v) is 6.05. The zero-order chi connectivity index (χ0) is 18.5. The first-order chi connectivity index (χ1) is 12.5. The van der Waals surface area contributed by atoms with Crippen LogP contribution in [0.1, 0.15) is 26.3 Å². The monoisotopic (exact) mass is 365 g/mol. The lowest BCUT2D eigenvalue weighted by molar-refractivity contribution is 0.101. The lowest BCUT2D eigenvalue weighted by atomic mass is 10.1. The maximum absolute atomic E-state index is 12.5. The highest BCUT2D eigenvalue weighted by atomic mass is 35.5. The fourth-order valence-electron chi connectivity index (χ4n) is 2.38. The van der Waals surface area contributed by atoms with Gasteiger partial charge in [0.25, 0.3) is 11.8 Å². The summed E-state index contributed by atoms with van der Waals surface area (Å²) in [6.07, 6.45) is 3.08. The summed E-state index contributed by atoms with van der Waals surface area (Å²) in [6, 6.07) is 15.4. The molecule has 0 fully saturated rings. The van der Waals surface area contributed by atoms with Gasteiger partial charge in [-0.05, 0) is 55.0 Å². The number of halogens is 1. The number of aromatic nitrogens is 1. The minimum absolute atomic E-state index is 0.284. The van der Waals surface area contributed by atoms with Gasteiger partial charge in [-0.2, -0.15) is 0 Å². The Balaban J connectivity index is 1.75. The third-order valence-electron chi connectivity index (χ3n) is 3.82. The van der Waals surface area contributed by atoms with E-state index < -0.39 is 0 Å². The molecule has 6 heteroatoms. The van der Waals surface area contributed by atoms with E-state index in [4.69, 9.17) is 11.6 Å². The zero-order valence-corrected chi connectivity index (χ0v) is 14.7. The average molecular weight is 366 g/mol. The normalized spacial score (nSPS) is 10.2. The molecule has 0 radical (unpaired) electrons. The van der Waals surface area contributed by atoms with Gasteiger partial charge in [-0.25, -0.2) is 0 Å². The molecular formula is C20H16ClN3O2. The van der Waals surface area contributed by atoms with E-state index in [-0.39, 0.29) is 11.8 Å². The van der Waals surface area contributed by atoms with Gasteiger partial charge in [-0.3, -0.25) is 14.6 Å². The summed E-state index contributed by atoms with van der Waals surface area (Å²) in [5.74, 6) is -0.575. The predicted molar refractivity (Wildman–Crippen MR) is 103 cm³/mol. The van der Waals surface area contributed by atoms with Crippen molar-refractivity contribution in [1.29, 1.82) is 0 Å². The van der Waals surface area contributed by atoms with Gasteiger partial charge < -0.3 is 10.6 Å². The van der Waals surface area contributed by atoms with Crippen LogP contribution in [0.5, 0.6) is 0 Å². The number of benzene rings is 2. The second kappa shape index (κ2) is 7.80. The van der Waals surface area contributed by atoms with Gasteiger partial charge in [-0.15, -0.1) is 0 Å². The Morgan fingerprint density at radius 2 is 1.65 bits per heavy atom. The number of amides is 2. The van der Waals surface area contributed by atoms with Crippen LogP contribution in [0.2, 0.25) is 5.02 Å². The smallest absolute Gasteiger partial charge is 0.257 e. The lowest BCUT2D eigenvalue weighted by Crippen LogP contribution is -2.15. The van der Waals surface area contributed by atoms with Gasteiger partial charge >= 0.3 is 0 Å². The lowest BCUT2D eigenvalue weighted by Gasteiger charge is -2.11. The van der Waals surface area contributed by atoms with E-state index in [2.05, 4.69) is 15.6 Å². The van der Waals surface area contributed by atoms with E-state index >= 15 is 0 Å². The third-order valence-corrected chi connectivity index (χ3v) is 4.23. The Kier molecular flexibility index (Phi) is 5.29. The highest BCUT2D eigenvalue weighted by Crippen LogP contribution is 2.23. The van der Waals surface area contributed by atoms with Gasteiger partial charge in [0.1, 0.15) is 0 Å². The van der Waals surface area contributed by atoms with Crippen molar-refractivity contribution >= 4 is 34.8 Å². The van der Waals surface area contributed by atoms with Crippen molar-refractivity contribution in [2.75, 3.05) is 10.6 Å². The van der Waals surface area contributed by atoms with E-state index in [0.29, 0.717) is 27.5 Å². The van der Waals surface area contributed by atoms with Crippen molar-refractivity contribution in [3.8, 4) is 0 Å². The Bertz CT molecular complexity index is 958. The summed E-state index contributed by atoms with van der Waals surface area (Å²) in [4.78, 5) is 28.6. The number of nitrogens with one attached hydrogen (secondary N) is 2. The first-order valence-corrected chi connectivity index (χ1v) is 8.30. The van der Waals surface area contributed by atoms with Crippen molar-refractivity contribution < 1.29 is 9.59 Å². The summed E-state index contributed by atoms with van der Waals surface area (Å²) < 4.78 is 0. The average Bonchev–Trinajstić information content (AvgIpc) is 2.66. The molecule has 0 saturated heterocycles. The molecule has 5 nitrogen and oxygen atoms in total. The molecule has 0 aliphatic carbocycles. The van der Waals surface area contributed by atoms with Crippen molar-refractivity contribution in [2.24, 2.45) is 0 Å². The molecule has 0 atom stereocenters. The van der Waals surface area contributed by atoms with Crippen LogP contribution in [0.3, 0.4) is 0 Å². The summed E-state index contributed by atoms with van der Waals surface area (Å²) in [5, 5.41) is 6.17. The molecule has 0 aliphatic heterocycles. The minimum Gasteiger partial charge on any atom is -0.322 e. The van der Waals surface area contributed by atoms with Crippen molar-refractivity contribution in [2.45, 2.75) is 6.92 Å². The van der Waals surface area contributed by atoms with Gasteiger partial charge in [0.15, 0.2) is 0 Å². The Hall–Kier alpha value is -3.18. The van der Waals surface area contributed by atoms with Crippen LogP contribution in [0.25, 0.3) is 0 Å². The maximum atomic E-state index is 12.5. The number of anilines is 2. The second-order valence-electron chi connectivity index (χ2n) is 5.64. The summed E-state index contributed by atoms with van der Waals surface area (Å²) in [7, 11) is 0. The van der Waals surface area contributed by atoms with Gasteiger partial charge in [-0.1, -0.05) is 23.7 Å². The molecule has 2 N–H and O–H groups in total. The first-order valence-electron chi connectivity index (χ1n) is 7.92. The number of hydrogen-bond acceptors (Lipinski definition) is 3. The van der Waals surface area contributed by atoms with Crippen LogP contribution < -0.4 is 10.6 Å². The molecule has 0 unspecified atom stereocenters. The highest BCUT2D eigenvalue weighted by Gasteiger charge is 2.11. The van der Waals surface area contributed by atoms with Gasteiger partial charge in [0.2, 0.25) is 0 Å². The molecule has 3 aromatic rings. The fourth-order valence-corrected chi connectivity index (χ4v) is 2.55. The number of carbonyl (C=O) groups excluding carboxylic acids is 2. The Morgan fingerprint density at radius 3 is 2.42 bits per heavy atom. The molecule has 2 aromatic carbocycles. The van der Waals surface area contributed by atoms with Crippen LogP contribution >= 0.6 is 11.6 Å². The Morgan fingerprint density at radius 1 is 0.923 bits per heavy atom. The summed E-state index contributed by atoms with van der Waals surface area (Å²) in [5.41, 5.74) is 2.83. The van der Waals surface area contributed by atoms with Crippen LogP contribution in [0, 0.1) is 6.92 Å². The number of nitrogens with zero attached hydrogens (tertiary/aromatic N) is 1. The van der Waals surface area contributed by atoms with Gasteiger partial charge in [0, 0.05) is 34.4 Å². The molecule has 1 aromatic heterocycles. The molecule has 0 bridgehead atoms. The van der Waals surface area contributed by atoms with E-state index in [1.165, 1.54) is 6.20 Å². The van der Waals surface area contributed by atoms with Crippen LogP contribution in [-0.2, 0) is 0 Å². The molecule has 0 spiro atoms. The highest BCUT2D eigenvalue weighted by molar-refractivity contribution is 6.31. The minimum atomic E-state index is -0.290. The molecular weight excluding hydrogens is 350 g/mol. The van der Waals surface area contributed by atoms with Crippen LogP contribution in [0.15, 0.2) is 67.0 Å². The summed E-state index contributed by atoms with van der Waals surface area (Å²) >= 11 is 6.08. The Labute approximate surface area is 156 Å². The number of rotatable bonds is 4. The molecule has 0 aliphatic rings. The molecule has 1 heterocycles. The van der Waals surface area contributed by atoms with E-state index in [9.17, 15) is 9.59 Å². The zero-order valence-electron chi connectivity index (χ0n) is 14.0. The molecule has 26 heavy (non-hydrogen) atoms. The van der Waals surface area contributed by atoms with Crippen LogP contribution in [0.4, 0.5) is 11.4 Å². The molecule has 3 rings (SSSR count). The van der Waals surface area contributed by atoms with Crippen molar-refractivity contribution in [1.82, 2.24) is 4.98 Å². The van der Waals surface area contributed by atoms with E-state index in [0.717, 1.165) is 5.56 Å². The molecule has 2 amide bonds. The SMILES string of the molecule is Cc1c(Cl)cccc1NC(=O)c1cccc(NC(=O)c2cccnc2)c1. The number of hydrogen-bond donors (Lipinski definition) is 2. The topological polar surface area (TPSA) is 71.1 Å². The van der Waals surface area contributed by atoms with Gasteiger partial charge in [0.05, 0.1) is 5.56 Å². The number of pyridine rings is 1. The largest absolute Gasteiger partial charge is 0.322 e. The quantitative estimate of drug-likeness (QED) is 0.712. The van der Waals surface area contributed by atoms with Crippen molar-refractivity contribution in [3.63, 3.8) is 0 Å². The van der Waals surface area contributed by atoms with E-state index in [1.54, 1.807) is 60.8 Å². The molecule has 130 valence electrons. The third kappa shape index (κ3) is 4.07. The standard InChI is InChI=1S/C20H16ClN3O2/c1-13-17(21)8-3-9-18(13)24-19(25)14-5-2-7-16(11-14)23-20(26)15-6-4-10-22-12-15/h2-12H,1H3,(H,23,26)(H,24,25).